The summed E-state index contributed by atoms with van der Waals surface area (Å²) in [6, 6.07) is 6.44. The quantitative estimate of drug-likeness (QED) is 0.477. The van der Waals surface area contributed by atoms with E-state index in [4.69, 9.17) is 14.2 Å². The third-order valence-corrected chi connectivity index (χ3v) is 6.40. The van der Waals surface area contributed by atoms with E-state index in [2.05, 4.69) is 20.6 Å². The minimum absolute atomic E-state index is 0.0193. The van der Waals surface area contributed by atoms with Gasteiger partial charge in [0.15, 0.2) is 11.6 Å². The van der Waals surface area contributed by atoms with Gasteiger partial charge in [0.2, 0.25) is 0 Å². The van der Waals surface area contributed by atoms with Crippen LogP contribution in [-0.2, 0) is 4.74 Å². The SMILES string of the molecule is COc1c(F)cccc1Nc1c2[nH]c3c1C(=O)NC[C@@H]3C/C(C)=C/[C@@H](OC)COc1cnccc1-2. The number of amides is 1. The predicted octanol–water partition coefficient (Wildman–Crippen LogP) is 4.54. The number of carbonyl (C=O) groups excluding carboxylic acids is 1. The first-order chi connectivity index (χ1) is 17.0. The van der Waals surface area contributed by atoms with Gasteiger partial charge in [-0.15, -0.1) is 0 Å². The van der Waals surface area contributed by atoms with Crippen LogP contribution in [0.15, 0.2) is 48.3 Å². The highest BCUT2D eigenvalue weighted by atomic mass is 19.1. The van der Waals surface area contributed by atoms with Gasteiger partial charge < -0.3 is 29.8 Å². The monoisotopic (exact) mass is 478 g/mol. The largest absolute Gasteiger partial charge is 0.492 e. The number of hydrogen-bond donors (Lipinski definition) is 3. The molecule has 35 heavy (non-hydrogen) atoms. The Balaban J connectivity index is 1.73. The molecule has 1 amide bonds. The van der Waals surface area contributed by atoms with Gasteiger partial charge >= 0.3 is 0 Å². The molecule has 2 aliphatic rings. The highest BCUT2D eigenvalue weighted by Gasteiger charge is 2.34. The van der Waals surface area contributed by atoms with Crippen LogP contribution in [0.5, 0.6) is 11.5 Å². The van der Waals surface area contributed by atoms with Crippen LogP contribution >= 0.6 is 0 Å². The highest BCUT2D eigenvalue weighted by molar-refractivity contribution is 6.07. The number of nitrogens with one attached hydrogen (secondary N) is 3. The van der Waals surface area contributed by atoms with Crippen molar-refractivity contribution in [3.63, 3.8) is 0 Å². The number of fused-ring (bicyclic) bond motifs is 3. The molecular formula is C26H27FN4O4. The third-order valence-electron chi connectivity index (χ3n) is 6.40. The van der Waals surface area contributed by atoms with Crippen molar-refractivity contribution in [3.05, 3.63) is 65.4 Å². The first-order valence-electron chi connectivity index (χ1n) is 11.4. The van der Waals surface area contributed by atoms with Crippen LogP contribution in [0.3, 0.4) is 0 Å². The second-order valence-electron chi connectivity index (χ2n) is 8.69. The van der Waals surface area contributed by atoms with Crippen LogP contribution in [0, 0.1) is 5.82 Å². The lowest BCUT2D eigenvalue weighted by molar-refractivity contribution is 0.0908. The van der Waals surface area contributed by atoms with Gasteiger partial charge in [0.1, 0.15) is 18.5 Å². The van der Waals surface area contributed by atoms with Crippen molar-refractivity contribution in [1.82, 2.24) is 15.3 Å². The number of allylic oxidation sites excluding steroid dienone is 1. The summed E-state index contributed by atoms with van der Waals surface area (Å²) in [5.41, 5.74) is 4.71. The molecule has 182 valence electrons. The minimum Gasteiger partial charge on any atom is -0.492 e. The summed E-state index contributed by atoms with van der Waals surface area (Å²) >= 11 is 0. The first-order valence-corrected chi connectivity index (χ1v) is 11.4. The lowest BCUT2D eigenvalue weighted by Crippen LogP contribution is -2.35. The average molecular weight is 479 g/mol. The van der Waals surface area contributed by atoms with Crippen LogP contribution in [0.1, 0.15) is 35.3 Å². The number of para-hydroxylation sites is 1. The molecule has 2 atom stereocenters. The number of hydrogen-bond acceptors (Lipinski definition) is 6. The number of aromatic amines is 1. The van der Waals surface area contributed by atoms with Gasteiger partial charge in [-0.2, -0.15) is 0 Å². The molecule has 9 heteroatoms. The van der Waals surface area contributed by atoms with E-state index in [0.29, 0.717) is 41.5 Å². The maximum absolute atomic E-state index is 14.5. The van der Waals surface area contributed by atoms with E-state index >= 15 is 0 Å². The van der Waals surface area contributed by atoms with Crippen molar-refractivity contribution < 1.29 is 23.4 Å². The fourth-order valence-corrected chi connectivity index (χ4v) is 4.75. The molecule has 3 N–H and O–H groups in total. The Hall–Kier alpha value is -3.85. The van der Waals surface area contributed by atoms with E-state index in [1.807, 2.05) is 19.1 Å². The lowest BCUT2D eigenvalue weighted by atomic mass is 9.90. The molecule has 0 saturated carbocycles. The van der Waals surface area contributed by atoms with Crippen molar-refractivity contribution in [2.45, 2.75) is 25.4 Å². The van der Waals surface area contributed by atoms with Crippen LogP contribution in [0.2, 0.25) is 0 Å². The molecular weight excluding hydrogens is 451 g/mol. The van der Waals surface area contributed by atoms with Crippen molar-refractivity contribution in [1.29, 1.82) is 0 Å². The van der Waals surface area contributed by atoms with Gasteiger partial charge in [0.25, 0.3) is 5.91 Å². The van der Waals surface area contributed by atoms with Gasteiger partial charge in [-0.05, 0) is 31.5 Å². The first kappa shape index (κ1) is 22.9. The second kappa shape index (κ2) is 9.42. The number of anilines is 2. The Labute approximate surface area is 202 Å². The molecule has 0 aliphatic carbocycles. The van der Waals surface area contributed by atoms with Crippen molar-refractivity contribution >= 4 is 17.3 Å². The minimum atomic E-state index is -0.504. The maximum atomic E-state index is 14.5. The van der Waals surface area contributed by atoms with E-state index in [1.165, 1.54) is 13.2 Å². The topological polar surface area (TPSA) is 97.5 Å². The lowest BCUT2D eigenvalue weighted by Gasteiger charge is -2.24. The number of methoxy groups -OCH3 is 2. The molecule has 0 fully saturated rings. The summed E-state index contributed by atoms with van der Waals surface area (Å²) in [7, 11) is 3.06. The Bertz CT molecular complexity index is 1300. The number of carbonyl (C=O) groups is 1. The summed E-state index contributed by atoms with van der Waals surface area (Å²) in [5, 5.41) is 6.29. The van der Waals surface area contributed by atoms with Crippen molar-refractivity contribution in [2.75, 3.05) is 32.7 Å². The molecule has 3 aromatic rings. The Morgan fingerprint density at radius 1 is 1.26 bits per heavy atom. The van der Waals surface area contributed by atoms with Crippen molar-refractivity contribution in [3.8, 4) is 22.8 Å². The molecule has 8 nitrogen and oxygen atoms in total. The van der Waals surface area contributed by atoms with E-state index in [-0.39, 0.29) is 23.7 Å². The van der Waals surface area contributed by atoms with Gasteiger partial charge in [-0.1, -0.05) is 17.7 Å². The average Bonchev–Trinajstić information content (AvgIpc) is 3.23. The number of pyridine rings is 1. The number of nitrogens with zero attached hydrogens (tertiary/aromatic N) is 1. The molecule has 5 rings (SSSR count). The molecule has 2 aromatic heterocycles. The van der Waals surface area contributed by atoms with Crippen LogP contribution in [0.25, 0.3) is 11.3 Å². The molecule has 0 spiro atoms. The zero-order valence-corrected chi connectivity index (χ0v) is 19.8. The summed E-state index contributed by atoms with van der Waals surface area (Å²) in [6.07, 6.45) is 5.83. The molecule has 0 radical (unpaired) electrons. The van der Waals surface area contributed by atoms with E-state index in [9.17, 15) is 9.18 Å². The fraction of sp³-hybridized carbons (Fsp3) is 0.308. The van der Waals surface area contributed by atoms with E-state index in [0.717, 1.165) is 23.3 Å². The number of benzene rings is 1. The van der Waals surface area contributed by atoms with Crippen molar-refractivity contribution in [2.24, 2.45) is 0 Å². The number of aromatic nitrogens is 2. The second-order valence-corrected chi connectivity index (χ2v) is 8.69. The van der Waals surface area contributed by atoms with Crippen LogP contribution < -0.4 is 20.1 Å². The molecule has 2 aliphatic heterocycles. The van der Waals surface area contributed by atoms with Gasteiger partial charge in [-0.3, -0.25) is 9.78 Å². The standard InChI is InChI=1S/C26H27FN4O4/c1-14-9-15-11-29-26(32)21-22(15)31-23(24(21)30-19-6-4-5-18(27)25(19)34-3)17-7-8-28-12-20(17)35-13-16(10-14)33-2/h4-8,10,12,15-16,30-31H,9,11,13H2,1-3H3,(H,29,32)/b14-10+/t15-,16+/m0/s1. The zero-order valence-electron chi connectivity index (χ0n) is 19.8. The maximum Gasteiger partial charge on any atom is 0.255 e. The summed E-state index contributed by atoms with van der Waals surface area (Å²) in [6.45, 7) is 2.84. The van der Waals surface area contributed by atoms with Gasteiger partial charge in [0.05, 0.1) is 35.9 Å². The Morgan fingerprint density at radius 2 is 2.11 bits per heavy atom. The number of H-pyrrole nitrogens is 1. The third kappa shape index (κ3) is 4.23. The zero-order chi connectivity index (χ0) is 24.5. The Kier molecular flexibility index (Phi) is 6.17. The summed E-state index contributed by atoms with van der Waals surface area (Å²) < 4.78 is 31.5. The molecule has 4 heterocycles. The highest BCUT2D eigenvalue weighted by Crippen LogP contribution is 2.44. The summed E-state index contributed by atoms with van der Waals surface area (Å²) in [4.78, 5) is 20.9. The summed E-state index contributed by atoms with van der Waals surface area (Å²) in [5.74, 6) is -0.0980. The predicted molar refractivity (Wildman–Crippen MR) is 130 cm³/mol. The number of rotatable bonds is 4. The Morgan fingerprint density at radius 3 is 2.91 bits per heavy atom. The molecule has 1 aromatic carbocycles. The smallest absolute Gasteiger partial charge is 0.255 e. The normalized spacial score (nSPS) is 20.8. The van der Waals surface area contributed by atoms with Crippen LogP contribution in [-0.4, -0.2) is 49.4 Å². The number of ether oxygens (including phenoxy) is 3. The van der Waals surface area contributed by atoms with Crippen LogP contribution in [0.4, 0.5) is 15.8 Å². The van der Waals surface area contributed by atoms with E-state index < -0.39 is 5.82 Å². The fourth-order valence-electron chi connectivity index (χ4n) is 4.75. The molecule has 2 bridgehead atoms. The van der Waals surface area contributed by atoms with Gasteiger partial charge in [-0.25, -0.2) is 4.39 Å². The molecule has 0 saturated heterocycles. The molecule has 0 unspecified atom stereocenters. The number of halogens is 1. The van der Waals surface area contributed by atoms with Gasteiger partial charge in [0, 0.05) is 37.0 Å². The van der Waals surface area contributed by atoms with E-state index in [1.54, 1.807) is 31.6 Å².